The lowest BCUT2D eigenvalue weighted by Gasteiger charge is -2.05. The Morgan fingerprint density at radius 1 is 0.828 bits per heavy atom. The van der Waals surface area contributed by atoms with Crippen LogP contribution in [0, 0.1) is 20.8 Å². The first-order chi connectivity index (χ1) is 14.0. The molecule has 148 valence electrons. The van der Waals surface area contributed by atoms with Crippen molar-refractivity contribution < 1.29 is 13.6 Å². The summed E-state index contributed by atoms with van der Waals surface area (Å²) in [5, 5.41) is 16.7. The molecule has 0 saturated carbocycles. The Hall–Kier alpha value is -3.13. The summed E-state index contributed by atoms with van der Waals surface area (Å²) in [5.74, 6) is 2.63. The maximum atomic E-state index is 5.75. The number of aryl methyl sites for hydroxylation is 3. The number of thioether (sulfide) groups is 1. The van der Waals surface area contributed by atoms with Gasteiger partial charge in [-0.3, -0.25) is 0 Å². The zero-order valence-corrected chi connectivity index (χ0v) is 17.2. The zero-order valence-electron chi connectivity index (χ0n) is 16.4. The first-order valence-electron chi connectivity index (χ1n) is 9.11. The lowest BCUT2D eigenvalue weighted by atomic mass is 10.1. The molecule has 0 spiro atoms. The summed E-state index contributed by atoms with van der Waals surface area (Å²) in [6.45, 7) is 6.30. The summed E-state index contributed by atoms with van der Waals surface area (Å²) in [6.07, 6.45) is 0. The van der Waals surface area contributed by atoms with E-state index in [1.54, 1.807) is 0 Å². The topological polar surface area (TPSA) is 87.1 Å². The predicted molar refractivity (Wildman–Crippen MR) is 109 cm³/mol. The number of rotatable bonds is 7. The number of nitrogens with zero attached hydrogens (tertiary/aromatic N) is 4. The van der Waals surface area contributed by atoms with Gasteiger partial charge in [-0.2, -0.15) is 0 Å². The fourth-order valence-electron chi connectivity index (χ4n) is 2.85. The highest BCUT2D eigenvalue weighted by molar-refractivity contribution is 7.98. The second-order valence-corrected chi connectivity index (χ2v) is 7.66. The molecule has 7 nitrogen and oxygen atoms in total. The predicted octanol–water partition coefficient (Wildman–Crippen LogP) is 4.92. The Labute approximate surface area is 172 Å². The molecule has 29 heavy (non-hydrogen) atoms. The molecule has 4 rings (SSSR count). The quantitative estimate of drug-likeness (QED) is 0.398. The zero-order chi connectivity index (χ0) is 20.2. The van der Waals surface area contributed by atoms with Gasteiger partial charge < -0.3 is 13.6 Å². The number of aromatic nitrogens is 4. The fourth-order valence-corrected chi connectivity index (χ4v) is 3.46. The van der Waals surface area contributed by atoms with Crippen molar-refractivity contribution in [3.05, 3.63) is 70.9 Å². The standard InChI is InChI=1S/C21H20N4O3S/c1-13-5-4-6-16(8-13)20-24-23-19(27-20)12-29-21-25-22-18(28-21)11-26-17-9-14(2)7-15(3)10-17/h4-10H,11-12H2,1-3H3. The Morgan fingerprint density at radius 3 is 2.41 bits per heavy atom. The maximum absolute atomic E-state index is 5.75. The molecule has 0 aliphatic rings. The summed E-state index contributed by atoms with van der Waals surface area (Å²) in [7, 11) is 0. The van der Waals surface area contributed by atoms with Gasteiger partial charge in [0.25, 0.3) is 11.1 Å². The van der Waals surface area contributed by atoms with Gasteiger partial charge in [0.1, 0.15) is 5.75 Å². The number of hydrogen-bond donors (Lipinski definition) is 0. The number of ether oxygens (including phenoxy) is 1. The van der Waals surface area contributed by atoms with E-state index in [9.17, 15) is 0 Å². The second kappa shape index (κ2) is 8.48. The molecular formula is C21H20N4O3S. The lowest BCUT2D eigenvalue weighted by molar-refractivity contribution is 0.252. The van der Waals surface area contributed by atoms with E-state index in [4.69, 9.17) is 13.6 Å². The molecule has 0 N–H and O–H groups in total. The van der Waals surface area contributed by atoms with Crippen molar-refractivity contribution in [2.75, 3.05) is 0 Å². The van der Waals surface area contributed by atoms with Gasteiger partial charge in [-0.1, -0.05) is 35.5 Å². The van der Waals surface area contributed by atoms with Gasteiger partial charge >= 0.3 is 0 Å². The number of benzene rings is 2. The van der Waals surface area contributed by atoms with Crippen molar-refractivity contribution in [2.45, 2.75) is 38.4 Å². The Morgan fingerprint density at radius 2 is 1.62 bits per heavy atom. The van der Waals surface area contributed by atoms with Crippen LogP contribution in [0.3, 0.4) is 0 Å². The molecule has 2 heterocycles. The van der Waals surface area contributed by atoms with Crippen molar-refractivity contribution in [3.8, 4) is 17.2 Å². The van der Waals surface area contributed by atoms with Crippen molar-refractivity contribution in [1.29, 1.82) is 0 Å². The average molecular weight is 408 g/mol. The molecule has 0 atom stereocenters. The van der Waals surface area contributed by atoms with E-state index in [0.29, 0.717) is 28.6 Å². The molecule has 2 aromatic carbocycles. The van der Waals surface area contributed by atoms with Crippen LogP contribution >= 0.6 is 11.8 Å². The monoisotopic (exact) mass is 408 g/mol. The maximum Gasteiger partial charge on any atom is 0.277 e. The molecule has 0 radical (unpaired) electrons. The summed E-state index contributed by atoms with van der Waals surface area (Å²) >= 11 is 1.34. The first-order valence-corrected chi connectivity index (χ1v) is 10.1. The van der Waals surface area contributed by atoms with E-state index in [2.05, 4.69) is 26.5 Å². The van der Waals surface area contributed by atoms with E-state index < -0.39 is 0 Å². The summed E-state index contributed by atoms with van der Waals surface area (Å²) in [6, 6.07) is 14.0. The highest BCUT2D eigenvalue weighted by Crippen LogP contribution is 2.25. The first kappa shape index (κ1) is 19.2. The molecule has 0 bridgehead atoms. The van der Waals surface area contributed by atoms with Gasteiger partial charge in [0, 0.05) is 5.56 Å². The van der Waals surface area contributed by atoms with Gasteiger partial charge in [0.2, 0.25) is 11.8 Å². The number of hydrogen-bond acceptors (Lipinski definition) is 8. The molecular weight excluding hydrogens is 388 g/mol. The van der Waals surface area contributed by atoms with Crippen LogP contribution in [0.25, 0.3) is 11.5 Å². The molecule has 0 saturated heterocycles. The normalized spacial score (nSPS) is 11.0. The smallest absolute Gasteiger partial charge is 0.277 e. The molecule has 0 unspecified atom stereocenters. The fraction of sp³-hybridized carbons (Fsp3) is 0.238. The van der Waals surface area contributed by atoms with Gasteiger partial charge in [0.05, 0.1) is 5.75 Å². The van der Waals surface area contributed by atoms with E-state index >= 15 is 0 Å². The highest BCUT2D eigenvalue weighted by Gasteiger charge is 2.12. The van der Waals surface area contributed by atoms with Crippen molar-refractivity contribution in [2.24, 2.45) is 0 Å². The molecule has 8 heteroatoms. The third kappa shape index (κ3) is 5.03. The van der Waals surface area contributed by atoms with Crippen molar-refractivity contribution in [3.63, 3.8) is 0 Å². The Bertz CT molecular complexity index is 1100. The van der Waals surface area contributed by atoms with Crippen molar-refractivity contribution >= 4 is 11.8 Å². The van der Waals surface area contributed by atoms with Gasteiger partial charge in [0.15, 0.2) is 6.61 Å². The van der Waals surface area contributed by atoms with E-state index in [-0.39, 0.29) is 6.61 Å². The highest BCUT2D eigenvalue weighted by atomic mass is 32.2. The van der Waals surface area contributed by atoms with Crippen LogP contribution in [0.1, 0.15) is 28.5 Å². The minimum absolute atomic E-state index is 0.217. The average Bonchev–Trinajstić information content (AvgIpc) is 3.33. The summed E-state index contributed by atoms with van der Waals surface area (Å²) in [4.78, 5) is 0. The van der Waals surface area contributed by atoms with Crippen LogP contribution in [-0.4, -0.2) is 20.4 Å². The second-order valence-electron chi connectivity index (χ2n) is 6.73. The molecule has 2 aromatic heterocycles. The molecule has 0 fully saturated rings. The molecule has 0 amide bonds. The van der Waals surface area contributed by atoms with E-state index in [1.807, 2.05) is 57.2 Å². The summed E-state index contributed by atoms with van der Waals surface area (Å²) in [5.41, 5.74) is 4.33. The van der Waals surface area contributed by atoms with Crippen LogP contribution in [0.4, 0.5) is 0 Å². The Kier molecular flexibility index (Phi) is 5.62. The van der Waals surface area contributed by atoms with Gasteiger partial charge in [-0.05, 0) is 56.2 Å². The molecule has 0 aliphatic carbocycles. The minimum atomic E-state index is 0.217. The van der Waals surface area contributed by atoms with Crippen LogP contribution in [0.2, 0.25) is 0 Å². The molecule has 0 aliphatic heterocycles. The third-order valence-corrected chi connectivity index (χ3v) is 4.86. The van der Waals surface area contributed by atoms with Crippen molar-refractivity contribution in [1.82, 2.24) is 20.4 Å². The van der Waals surface area contributed by atoms with Crippen LogP contribution < -0.4 is 4.74 Å². The molecule has 4 aromatic rings. The van der Waals surface area contributed by atoms with Gasteiger partial charge in [-0.25, -0.2) is 0 Å². The van der Waals surface area contributed by atoms with Gasteiger partial charge in [-0.15, -0.1) is 20.4 Å². The summed E-state index contributed by atoms with van der Waals surface area (Å²) < 4.78 is 17.1. The van der Waals surface area contributed by atoms with Crippen LogP contribution in [0.15, 0.2) is 56.5 Å². The van der Waals surface area contributed by atoms with Crippen LogP contribution in [0.5, 0.6) is 5.75 Å². The lowest BCUT2D eigenvalue weighted by Crippen LogP contribution is -1.96. The SMILES string of the molecule is Cc1cc(C)cc(OCc2nnc(SCc3nnc(-c4cccc(C)c4)o3)o2)c1. The Balaban J connectivity index is 1.33. The van der Waals surface area contributed by atoms with E-state index in [0.717, 1.165) is 28.0 Å². The van der Waals surface area contributed by atoms with E-state index in [1.165, 1.54) is 11.8 Å². The third-order valence-electron chi connectivity index (χ3n) is 4.06. The largest absolute Gasteiger partial charge is 0.484 e. The van der Waals surface area contributed by atoms with Crippen LogP contribution in [-0.2, 0) is 12.4 Å². The minimum Gasteiger partial charge on any atom is -0.484 e.